The first-order valence-electron chi connectivity index (χ1n) is 8.16. The van der Waals surface area contributed by atoms with E-state index in [0.717, 1.165) is 36.2 Å². The molecule has 0 spiro atoms. The summed E-state index contributed by atoms with van der Waals surface area (Å²) < 4.78 is 0. The van der Waals surface area contributed by atoms with Gasteiger partial charge in [0.05, 0.1) is 18.5 Å². The molecule has 0 aliphatic carbocycles. The van der Waals surface area contributed by atoms with Crippen LogP contribution in [0.2, 0.25) is 0 Å². The van der Waals surface area contributed by atoms with Crippen LogP contribution in [0, 0.1) is 17.8 Å². The Balaban J connectivity index is 2.28. The Hall–Kier alpha value is -2.45. The van der Waals surface area contributed by atoms with Crippen molar-refractivity contribution in [2.75, 3.05) is 25.0 Å². The molecule has 2 atom stereocenters. The molecule has 5 nitrogen and oxygen atoms in total. The van der Waals surface area contributed by atoms with Crippen molar-refractivity contribution in [3.05, 3.63) is 29.3 Å². The van der Waals surface area contributed by atoms with Crippen LogP contribution in [0.15, 0.2) is 23.2 Å². The van der Waals surface area contributed by atoms with E-state index in [0.29, 0.717) is 6.54 Å². The zero-order valence-electron chi connectivity index (χ0n) is 14.2. The topological polar surface area (TPSA) is 68.6 Å². The molecule has 1 aliphatic heterocycles. The number of aryl methyl sites for hydroxylation is 1. The summed E-state index contributed by atoms with van der Waals surface area (Å²) in [7, 11) is 1.89. The van der Waals surface area contributed by atoms with Crippen LogP contribution >= 0.6 is 0 Å². The predicted octanol–water partition coefficient (Wildman–Crippen LogP) is 2.01. The Morgan fingerprint density at radius 2 is 2.42 bits per heavy atom. The molecule has 1 aromatic carbocycles. The van der Waals surface area contributed by atoms with E-state index in [9.17, 15) is 4.79 Å². The molecular formula is C19H24N4O. The highest BCUT2D eigenvalue weighted by Crippen LogP contribution is 2.32. The van der Waals surface area contributed by atoms with Gasteiger partial charge in [-0.1, -0.05) is 18.1 Å². The summed E-state index contributed by atoms with van der Waals surface area (Å²) in [6, 6.07) is 5.78. The molecule has 24 heavy (non-hydrogen) atoms. The van der Waals surface area contributed by atoms with Crippen LogP contribution in [-0.4, -0.2) is 44.5 Å². The minimum Gasteiger partial charge on any atom is -0.318 e. The van der Waals surface area contributed by atoms with Crippen LogP contribution in [-0.2, 0) is 11.2 Å². The smallest absolute Gasteiger partial charge is 0.224 e. The van der Waals surface area contributed by atoms with Gasteiger partial charge in [-0.05, 0) is 37.1 Å². The van der Waals surface area contributed by atoms with Gasteiger partial charge in [-0.25, -0.2) is 0 Å². The average molecular weight is 324 g/mol. The van der Waals surface area contributed by atoms with Crippen LogP contribution in [0.25, 0.3) is 0 Å². The Bertz CT molecular complexity index is 674. The second-order valence-electron chi connectivity index (χ2n) is 5.85. The molecule has 1 amide bonds. The van der Waals surface area contributed by atoms with E-state index < -0.39 is 0 Å². The molecule has 2 unspecified atom stereocenters. The van der Waals surface area contributed by atoms with E-state index >= 15 is 0 Å². The lowest BCUT2D eigenvalue weighted by Gasteiger charge is -2.34. The third-order valence-electron chi connectivity index (χ3n) is 4.21. The zero-order chi connectivity index (χ0) is 17.5. The second-order valence-corrected chi connectivity index (χ2v) is 5.85. The number of nitrogens with one attached hydrogen (secondary N) is 2. The third kappa shape index (κ3) is 3.90. The first kappa shape index (κ1) is 17.9. The minimum atomic E-state index is -0.178. The molecule has 1 heterocycles. The average Bonchev–Trinajstić information content (AvgIpc) is 2.60. The van der Waals surface area contributed by atoms with Crippen molar-refractivity contribution in [1.82, 2.24) is 5.32 Å². The molecular weight excluding hydrogens is 300 g/mol. The lowest BCUT2D eigenvalue weighted by atomic mass is 9.91. The molecule has 1 aromatic rings. The Morgan fingerprint density at radius 1 is 1.62 bits per heavy atom. The molecule has 0 bridgehead atoms. The number of nitrogens with zero attached hydrogens (tertiary/aromatic N) is 2. The SMILES string of the molecule is C#CC1CCc2cc(C(C=N)C=NCCNC)ccc2N1C(C)=O. The summed E-state index contributed by atoms with van der Waals surface area (Å²) in [5, 5.41) is 10.7. The van der Waals surface area contributed by atoms with Gasteiger partial charge in [0.15, 0.2) is 0 Å². The highest BCUT2D eigenvalue weighted by molar-refractivity contribution is 5.95. The second kappa shape index (κ2) is 8.42. The van der Waals surface area contributed by atoms with Gasteiger partial charge in [0.2, 0.25) is 5.91 Å². The summed E-state index contributed by atoms with van der Waals surface area (Å²) in [6.45, 7) is 3.04. The molecule has 0 radical (unpaired) electrons. The van der Waals surface area contributed by atoms with Crippen LogP contribution in [0.4, 0.5) is 5.69 Å². The summed E-state index contributed by atoms with van der Waals surface area (Å²) in [5.41, 5.74) is 3.00. The summed E-state index contributed by atoms with van der Waals surface area (Å²) >= 11 is 0. The monoisotopic (exact) mass is 324 g/mol. The largest absolute Gasteiger partial charge is 0.318 e. The van der Waals surface area contributed by atoms with Crippen LogP contribution in [0.3, 0.4) is 0 Å². The fourth-order valence-electron chi connectivity index (χ4n) is 2.97. The highest BCUT2D eigenvalue weighted by Gasteiger charge is 2.28. The fraction of sp³-hybridized carbons (Fsp3) is 0.421. The first-order valence-corrected chi connectivity index (χ1v) is 8.16. The Morgan fingerprint density at radius 3 is 3.04 bits per heavy atom. The summed E-state index contributed by atoms with van der Waals surface area (Å²) in [5.74, 6) is 2.52. The Kier molecular flexibility index (Phi) is 6.28. The number of likely N-dealkylation sites (N-methyl/N-ethyl adjacent to an activating group) is 1. The summed E-state index contributed by atoms with van der Waals surface area (Å²) in [6.07, 6.45) is 10.4. The normalized spacial score (nSPS) is 18.0. The van der Waals surface area contributed by atoms with E-state index in [1.807, 2.05) is 25.4 Å². The molecule has 126 valence electrons. The maximum absolute atomic E-state index is 12.0. The van der Waals surface area contributed by atoms with Crippen molar-refractivity contribution >= 4 is 24.0 Å². The number of hydrogen-bond acceptors (Lipinski definition) is 4. The quantitative estimate of drug-likeness (QED) is 0.477. The molecule has 0 fully saturated rings. The third-order valence-corrected chi connectivity index (χ3v) is 4.21. The van der Waals surface area contributed by atoms with Gasteiger partial charge < -0.3 is 10.7 Å². The number of fused-ring (bicyclic) bond motifs is 1. The first-order chi connectivity index (χ1) is 11.6. The molecule has 0 saturated heterocycles. The Labute approximate surface area is 143 Å². The van der Waals surface area contributed by atoms with Crippen molar-refractivity contribution in [2.24, 2.45) is 4.99 Å². The van der Waals surface area contributed by atoms with E-state index in [2.05, 4.69) is 22.3 Å². The van der Waals surface area contributed by atoms with Crippen molar-refractivity contribution in [1.29, 1.82) is 5.41 Å². The highest BCUT2D eigenvalue weighted by atomic mass is 16.2. The van der Waals surface area contributed by atoms with Gasteiger partial charge in [0.25, 0.3) is 0 Å². The van der Waals surface area contributed by atoms with Crippen molar-refractivity contribution in [3.8, 4) is 12.3 Å². The van der Waals surface area contributed by atoms with Gasteiger partial charge in [-0.3, -0.25) is 14.7 Å². The van der Waals surface area contributed by atoms with E-state index in [-0.39, 0.29) is 17.9 Å². The van der Waals surface area contributed by atoms with Gasteiger partial charge in [-0.2, -0.15) is 0 Å². The maximum atomic E-state index is 12.0. The lowest BCUT2D eigenvalue weighted by Crippen LogP contribution is -2.41. The van der Waals surface area contributed by atoms with Crippen molar-refractivity contribution in [2.45, 2.75) is 31.7 Å². The number of terminal acetylenes is 1. The standard InChI is InChI=1S/C19H24N4O/c1-4-18-7-5-16-11-15(6-8-19(16)23(18)14(2)24)17(12-20)13-22-10-9-21-3/h1,6,8,11-13,17-18,20-21H,5,7,9-10H2,2-3H3. The lowest BCUT2D eigenvalue weighted by molar-refractivity contribution is -0.116. The van der Waals surface area contributed by atoms with E-state index in [1.54, 1.807) is 11.8 Å². The molecule has 0 aromatic heterocycles. The predicted molar refractivity (Wildman–Crippen MR) is 99.4 cm³/mol. The number of amides is 1. The van der Waals surface area contributed by atoms with Gasteiger partial charge in [0.1, 0.15) is 0 Å². The number of benzene rings is 1. The molecule has 5 heteroatoms. The van der Waals surface area contributed by atoms with E-state index in [1.165, 1.54) is 6.21 Å². The number of carbonyl (C=O) groups is 1. The maximum Gasteiger partial charge on any atom is 0.224 e. The van der Waals surface area contributed by atoms with Crippen molar-refractivity contribution in [3.63, 3.8) is 0 Å². The number of anilines is 1. The molecule has 0 saturated carbocycles. The van der Waals surface area contributed by atoms with Crippen LogP contribution in [0.1, 0.15) is 30.4 Å². The summed E-state index contributed by atoms with van der Waals surface area (Å²) in [4.78, 5) is 18.0. The van der Waals surface area contributed by atoms with Gasteiger partial charge in [0, 0.05) is 31.6 Å². The van der Waals surface area contributed by atoms with Gasteiger partial charge in [-0.15, -0.1) is 6.42 Å². The van der Waals surface area contributed by atoms with Crippen molar-refractivity contribution < 1.29 is 4.79 Å². The van der Waals surface area contributed by atoms with Crippen LogP contribution in [0.5, 0.6) is 0 Å². The fourth-order valence-corrected chi connectivity index (χ4v) is 2.97. The number of hydrogen-bond donors (Lipinski definition) is 2. The number of aliphatic imine (C=N–C) groups is 1. The molecule has 2 rings (SSSR count). The number of rotatable bonds is 6. The number of carbonyl (C=O) groups excluding carboxylic acids is 1. The van der Waals surface area contributed by atoms with Gasteiger partial charge >= 0.3 is 0 Å². The molecule has 1 aliphatic rings. The minimum absolute atomic E-state index is 0.0381. The van der Waals surface area contributed by atoms with Crippen LogP contribution < -0.4 is 10.2 Å². The zero-order valence-corrected chi connectivity index (χ0v) is 14.2. The molecule has 2 N–H and O–H groups in total. The van der Waals surface area contributed by atoms with E-state index in [4.69, 9.17) is 11.8 Å².